The van der Waals surface area contributed by atoms with E-state index in [2.05, 4.69) is 0 Å². The molecule has 0 saturated heterocycles. The summed E-state index contributed by atoms with van der Waals surface area (Å²) in [4.78, 5) is 14.7. The lowest BCUT2D eigenvalue weighted by molar-refractivity contribution is -0.130. The molecule has 1 aromatic rings. The number of likely N-dealkylation sites (N-methyl/N-ethyl adjacent to an activating group) is 1. The highest BCUT2D eigenvalue weighted by Gasteiger charge is 2.20. The quantitative estimate of drug-likeness (QED) is 0.818. The van der Waals surface area contributed by atoms with Crippen LogP contribution in [-0.2, 0) is 4.79 Å². The minimum absolute atomic E-state index is 0.0109. The average Bonchev–Trinajstić information content (AvgIpc) is 2.37. The van der Waals surface area contributed by atoms with Crippen LogP contribution in [-0.4, -0.2) is 40.9 Å². The van der Waals surface area contributed by atoms with E-state index in [0.29, 0.717) is 18.1 Å². The lowest BCUT2D eigenvalue weighted by Crippen LogP contribution is -2.38. The Kier molecular flexibility index (Phi) is 6.54. The number of aliphatic hydroxyl groups excluding tert-OH is 1. The second kappa shape index (κ2) is 7.67. The lowest BCUT2D eigenvalue weighted by Gasteiger charge is -2.23. The summed E-state index contributed by atoms with van der Waals surface area (Å²) >= 11 is 7.50. The zero-order chi connectivity index (χ0) is 13.5. The molecule has 0 aliphatic heterocycles. The molecule has 0 radical (unpaired) electrons. The predicted molar refractivity (Wildman–Crippen MR) is 76.1 cm³/mol. The Morgan fingerprint density at radius 3 is 2.72 bits per heavy atom. The van der Waals surface area contributed by atoms with Gasteiger partial charge in [0, 0.05) is 18.0 Å². The summed E-state index contributed by atoms with van der Waals surface area (Å²) in [7, 11) is 0. The summed E-state index contributed by atoms with van der Waals surface area (Å²) in [5.41, 5.74) is 0. The molecule has 0 aliphatic rings. The van der Waals surface area contributed by atoms with Crippen molar-refractivity contribution in [3.63, 3.8) is 0 Å². The minimum Gasteiger partial charge on any atom is -0.395 e. The summed E-state index contributed by atoms with van der Waals surface area (Å²) in [5.74, 6) is 0.0245. The molecular weight excluding hydrogens is 270 g/mol. The van der Waals surface area contributed by atoms with E-state index in [0.717, 1.165) is 4.90 Å². The molecule has 1 rings (SSSR count). The maximum absolute atomic E-state index is 12.1. The highest BCUT2D eigenvalue weighted by molar-refractivity contribution is 8.00. The molecule has 0 spiro atoms. The summed E-state index contributed by atoms with van der Waals surface area (Å²) in [6.07, 6.45) is 0. The number of rotatable bonds is 6. The first-order valence-corrected chi connectivity index (χ1v) is 7.16. The van der Waals surface area contributed by atoms with Gasteiger partial charge in [-0.1, -0.05) is 23.7 Å². The first-order valence-electron chi connectivity index (χ1n) is 5.91. The average molecular weight is 288 g/mol. The Bertz CT molecular complexity index is 400. The SMILES string of the molecule is CCN(CCO)C(=O)C(C)Sc1ccccc1Cl. The summed E-state index contributed by atoms with van der Waals surface area (Å²) < 4.78 is 0. The van der Waals surface area contributed by atoms with Gasteiger partial charge >= 0.3 is 0 Å². The van der Waals surface area contributed by atoms with E-state index >= 15 is 0 Å². The number of amides is 1. The largest absolute Gasteiger partial charge is 0.395 e. The molecule has 5 heteroatoms. The lowest BCUT2D eigenvalue weighted by atomic mass is 10.3. The van der Waals surface area contributed by atoms with Crippen LogP contribution in [0.4, 0.5) is 0 Å². The molecule has 1 unspecified atom stereocenters. The topological polar surface area (TPSA) is 40.5 Å². The third-order valence-corrected chi connectivity index (χ3v) is 4.16. The van der Waals surface area contributed by atoms with Gasteiger partial charge in [0.2, 0.25) is 5.91 Å². The molecule has 0 saturated carbocycles. The molecule has 1 aromatic carbocycles. The third kappa shape index (κ3) is 4.19. The second-order valence-corrected chi connectivity index (χ2v) is 5.62. The zero-order valence-electron chi connectivity index (χ0n) is 10.6. The normalized spacial score (nSPS) is 12.2. The maximum atomic E-state index is 12.1. The van der Waals surface area contributed by atoms with Gasteiger partial charge < -0.3 is 10.0 Å². The molecule has 0 aliphatic carbocycles. The van der Waals surface area contributed by atoms with Crippen LogP contribution in [0.5, 0.6) is 0 Å². The Morgan fingerprint density at radius 1 is 1.50 bits per heavy atom. The molecule has 1 atom stereocenters. The fourth-order valence-corrected chi connectivity index (χ4v) is 2.82. The van der Waals surface area contributed by atoms with Crippen molar-refractivity contribution < 1.29 is 9.90 Å². The van der Waals surface area contributed by atoms with E-state index in [1.54, 1.807) is 4.90 Å². The number of halogens is 1. The molecule has 3 nitrogen and oxygen atoms in total. The van der Waals surface area contributed by atoms with Gasteiger partial charge in [-0.3, -0.25) is 4.79 Å². The molecule has 1 amide bonds. The van der Waals surface area contributed by atoms with Gasteiger partial charge in [0.25, 0.3) is 0 Å². The van der Waals surface area contributed by atoms with Gasteiger partial charge in [0.15, 0.2) is 0 Å². The maximum Gasteiger partial charge on any atom is 0.235 e. The fraction of sp³-hybridized carbons (Fsp3) is 0.462. The van der Waals surface area contributed by atoms with Crippen molar-refractivity contribution >= 4 is 29.3 Å². The van der Waals surface area contributed by atoms with Crippen LogP contribution in [0.1, 0.15) is 13.8 Å². The van der Waals surface area contributed by atoms with E-state index in [-0.39, 0.29) is 17.8 Å². The Hall–Kier alpha value is -0.710. The Morgan fingerprint density at radius 2 is 2.17 bits per heavy atom. The molecule has 0 fully saturated rings. The van der Waals surface area contributed by atoms with Gasteiger partial charge in [0.05, 0.1) is 16.9 Å². The molecule has 1 N–H and O–H groups in total. The van der Waals surface area contributed by atoms with Crippen LogP contribution in [0, 0.1) is 0 Å². The van der Waals surface area contributed by atoms with E-state index in [1.165, 1.54) is 11.8 Å². The number of thioether (sulfide) groups is 1. The van der Waals surface area contributed by atoms with Crippen molar-refractivity contribution in [1.82, 2.24) is 4.90 Å². The molecule has 0 aromatic heterocycles. The van der Waals surface area contributed by atoms with Crippen molar-refractivity contribution in [3.8, 4) is 0 Å². The number of aliphatic hydroxyl groups is 1. The van der Waals surface area contributed by atoms with Crippen LogP contribution in [0.3, 0.4) is 0 Å². The third-order valence-electron chi connectivity index (χ3n) is 2.55. The first-order chi connectivity index (χ1) is 8.60. The smallest absolute Gasteiger partial charge is 0.235 e. The number of benzene rings is 1. The summed E-state index contributed by atoms with van der Waals surface area (Å²) in [6.45, 7) is 4.73. The van der Waals surface area contributed by atoms with Crippen LogP contribution in [0.25, 0.3) is 0 Å². The molecule has 18 heavy (non-hydrogen) atoms. The number of hydrogen-bond donors (Lipinski definition) is 1. The molecule has 0 heterocycles. The fourth-order valence-electron chi connectivity index (χ4n) is 1.58. The minimum atomic E-state index is -0.212. The van der Waals surface area contributed by atoms with E-state index < -0.39 is 0 Å². The predicted octanol–water partition coefficient (Wildman–Crippen LogP) is 2.66. The van der Waals surface area contributed by atoms with Gasteiger partial charge in [-0.25, -0.2) is 0 Å². The Labute approximate surface area is 117 Å². The van der Waals surface area contributed by atoms with Gasteiger partial charge in [-0.2, -0.15) is 0 Å². The van der Waals surface area contributed by atoms with Crippen molar-refractivity contribution in [2.24, 2.45) is 0 Å². The summed E-state index contributed by atoms with van der Waals surface area (Å²) in [6, 6.07) is 7.48. The van der Waals surface area contributed by atoms with Gasteiger partial charge in [0.1, 0.15) is 0 Å². The van der Waals surface area contributed by atoms with Gasteiger partial charge in [-0.05, 0) is 26.0 Å². The van der Waals surface area contributed by atoms with Crippen molar-refractivity contribution in [2.45, 2.75) is 24.0 Å². The van der Waals surface area contributed by atoms with Crippen LogP contribution in [0.15, 0.2) is 29.2 Å². The first kappa shape index (κ1) is 15.3. The number of carbonyl (C=O) groups is 1. The van der Waals surface area contributed by atoms with Gasteiger partial charge in [-0.15, -0.1) is 11.8 Å². The van der Waals surface area contributed by atoms with Crippen LogP contribution < -0.4 is 0 Å². The van der Waals surface area contributed by atoms with E-state index in [4.69, 9.17) is 16.7 Å². The van der Waals surface area contributed by atoms with Crippen LogP contribution in [0.2, 0.25) is 5.02 Å². The van der Waals surface area contributed by atoms with Crippen molar-refractivity contribution in [3.05, 3.63) is 29.3 Å². The molecule has 0 bridgehead atoms. The zero-order valence-corrected chi connectivity index (χ0v) is 12.2. The molecular formula is C13H18ClNO2S. The number of carbonyl (C=O) groups excluding carboxylic acids is 1. The van der Waals surface area contributed by atoms with Crippen molar-refractivity contribution in [1.29, 1.82) is 0 Å². The summed E-state index contributed by atoms with van der Waals surface area (Å²) in [5, 5.41) is 9.36. The standard InChI is InChI=1S/C13H18ClNO2S/c1-3-15(8-9-16)13(17)10(2)18-12-7-5-4-6-11(12)14/h4-7,10,16H,3,8-9H2,1-2H3. The highest BCUT2D eigenvalue weighted by Crippen LogP contribution is 2.30. The van der Waals surface area contributed by atoms with Crippen LogP contribution >= 0.6 is 23.4 Å². The molecule has 100 valence electrons. The number of hydrogen-bond acceptors (Lipinski definition) is 3. The number of nitrogens with zero attached hydrogens (tertiary/aromatic N) is 1. The Balaban J connectivity index is 2.67. The van der Waals surface area contributed by atoms with E-state index in [9.17, 15) is 4.79 Å². The monoisotopic (exact) mass is 287 g/mol. The van der Waals surface area contributed by atoms with Crippen molar-refractivity contribution in [2.75, 3.05) is 19.7 Å². The second-order valence-electron chi connectivity index (χ2n) is 3.83. The van der Waals surface area contributed by atoms with E-state index in [1.807, 2.05) is 38.1 Å². The highest BCUT2D eigenvalue weighted by atomic mass is 35.5.